The molecule has 6 nitrogen and oxygen atoms in total. The third-order valence-electron chi connectivity index (χ3n) is 6.45. The molecule has 0 aromatic carbocycles. The summed E-state index contributed by atoms with van der Waals surface area (Å²) in [5.74, 6) is 1.10. The van der Waals surface area contributed by atoms with E-state index in [1.54, 1.807) is 0 Å². The molecule has 0 radical (unpaired) electrons. The first-order chi connectivity index (χ1) is 13.3. The number of nitrogens with one attached hydrogen (secondary N) is 3. The average Bonchev–Trinajstić information content (AvgIpc) is 3.05. The van der Waals surface area contributed by atoms with Crippen molar-refractivity contribution in [2.75, 3.05) is 26.2 Å². The zero-order valence-corrected chi connectivity index (χ0v) is 18.4. The summed E-state index contributed by atoms with van der Waals surface area (Å²) < 4.78 is 0. The zero-order chi connectivity index (χ0) is 20.3. The van der Waals surface area contributed by atoms with Crippen LogP contribution in [0.15, 0.2) is 0 Å². The molecule has 1 unspecified atom stereocenters. The summed E-state index contributed by atoms with van der Waals surface area (Å²) in [5.41, 5.74) is -0.248. The first-order valence-corrected chi connectivity index (χ1v) is 11.2. The van der Waals surface area contributed by atoms with E-state index >= 15 is 0 Å². The highest BCUT2D eigenvalue weighted by molar-refractivity contribution is 7.80. The highest BCUT2D eigenvalue weighted by Gasteiger charge is 2.40. The summed E-state index contributed by atoms with van der Waals surface area (Å²) in [6.07, 6.45) is 6.20. The maximum atomic E-state index is 13.4. The second-order valence-corrected chi connectivity index (χ2v) is 10.3. The topological polar surface area (TPSA) is 73.5 Å². The Morgan fingerprint density at radius 3 is 2.57 bits per heavy atom. The number of carbonyl (C=O) groups is 2. The predicted octanol–water partition coefficient (Wildman–Crippen LogP) is 1.83. The van der Waals surface area contributed by atoms with Gasteiger partial charge in [-0.15, -0.1) is 0 Å². The molecule has 0 aromatic rings. The highest BCUT2D eigenvalue weighted by atomic mass is 32.1. The van der Waals surface area contributed by atoms with Gasteiger partial charge < -0.3 is 20.9 Å². The van der Waals surface area contributed by atoms with Gasteiger partial charge in [-0.2, -0.15) is 0 Å². The maximum absolute atomic E-state index is 13.4. The minimum absolute atomic E-state index is 0.0846. The average molecular weight is 409 g/mol. The summed E-state index contributed by atoms with van der Waals surface area (Å²) >= 11 is 5.53. The summed E-state index contributed by atoms with van der Waals surface area (Å²) in [6, 6.07) is -0.275. The van der Waals surface area contributed by atoms with Crippen LogP contribution in [-0.4, -0.2) is 60.0 Å². The van der Waals surface area contributed by atoms with Gasteiger partial charge in [-0.3, -0.25) is 9.59 Å². The van der Waals surface area contributed by atoms with Crippen LogP contribution in [0.25, 0.3) is 0 Å². The van der Waals surface area contributed by atoms with Gasteiger partial charge in [-0.1, -0.05) is 33.0 Å². The molecule has 1 aliphatic carbocycles. The molecular formula is C21H36N4O2S. The van der Waals surface area contributed by atoms with Gasteiger partial charge in [0.15, 0.2) is 0 Å². The van der Waals surface area contributed by atoms with E-state index < -0.39 is 0 Å². The second-order valence-electron chi connectivity index (χ2n) is 9.79. The smallest absolute Gasteiger partial charge is 0.245 e. The van der Waals surface area contributed by atoms with Crippen LogP contribution in [0.1, 0.15) is 59.3 Å². The molecule has 0 aromatic heterocycles. The molecule has 3 heterocycles. The fourth-order valence-corrected chi connectivity index (χ4v) is 4.85. The summed E-state index contributed by atoms with van der Waals surface area (Å²) in [7, 11) is 0. The molecule has 2 atom stereocenters. The van der Waals surface area contributed by atoms with Crippen LogP contribution in [0.2, 0.25) is 0 Å². The van der Waals surface area contributed by atoms with E-state index in [0.717, 1.165) is 51.6 Å². The minimum atomic E-state index is -0.360. The molecule has 28 heavy (non-hydrogen) atoms. The molecule has 4 fully saturated rings. The number of carbonyl (C=O) groups excluding carboxylic acids is 2. The van der Waals surface area contributed by atoms with Gasteiger partial charge in [0.1, 0.15) is 6.04 Å². The van der Waals surface area contributed by atoms with Crippen LogP contribution in [-0.2, 0) is 9.59 Å². The number of nitrogens with zero attached hydrogens (tertiary/aromatic N) is 1. The quantitative estimate of drug-likeness (QED) is 0.534. The summed E-state index contributed by atoms with van der Waals surface area (Å²) in [5, 5.41) is 9.86. The fourth-order valence-electron chi connectivity index (χ4n) is 4.63. The van der Waals surface area contributed by atoms with Crippen molar-refractivity contribution in [3.05, 3.63) is 0 Å². The maximum Gasteiger partial charge on any atom is 0.245 e. The molecular weight excluding hydrogens is 372 g/mol. The molecule has 4 aliphatic rings. The Morgan fingerprint density at radius 2 is 1.86 bits per heavy atom. The lowest BCUT2D eigenvalue weighted by atomic mass is 9.72. The van der Waals surface area contributed by atoms with Crippen molar-refractivity contribution in [1.29, 1.82) is 0 Å². The monoisotopic (exact) mass is 408 g/mol. The lowest BCUT2D eigenvalue weighted by Crippen LogP contribution is -2.57. The Labute approximate surface area is 174 Å². The van der Waals surface area contributed by atoms with E-state index in [0.29, 0.717) is 24.0 Å². The van der Waals surface area contributed by atoms with Crippen LogP contribution in [0.3, 0.4) is 0 Å². The van der Waals surface area contributed by atoms with Crippen molar-refractivity contribution in [1.82, 2.24) is 20.9 Å². The Morgan fingerprint density at radius 1 is 1.11 bits per heavy atom. The van der Waals surface area contributed by atoms with Crippen LogP contribution in [0.4, 0.5) is 0 Å². The molecule has 2 amide bonds. The predicted molar refractivity (Wildman–Crippen MR) is 115 cm³/mol. The SMILES string of the molecule is CC(C)(C)[C@@H]1NC(=S)CNCCCC2CC(C2)C(=O)NCC2CCCN2C1=O. The van der Waals surface area contributed by atoms with Crippen molar-refractivity contribution in [3.8, 4) is 0 Å². The van der Waals surface area contributed by atoms with E-state index in [1.165, 1.54) is 0 Å². The number of amides is 2. The molecule has 3 saturated heterocycles. The standard InChI is InChI=1S/C21H36N4O2S/c1-21(2,3)18-20(27)25-9-5-7-16(25)12-23-19(26)15-10-14(11-15)6-4-8-22-13-17(28)24-18/h14-16,18,22H,4-13H2,1-3H3,(H,23,26)(H,24,28)/t14?,15?,16?,18-/m1/s1. The molecule has 7 heteroatoms. The van der Waals surface area contributed by atoms with E-state index in [2.05, 4.69) is 36.7 Å². The summed E-state index contributed by atoms with van der Waals surface area (Å²) in [4.78, 5) is 28.5. The van der Waals surface area contributed by atoms with Crippen molar-refractivity contribution < 1.29 is 9.59 Å². The molecule has 158 valence electrons. The van der Waals surface area contributed by atoms with Crippen LogP contribution >= 0.6 is 12.2 Å². The Kier molecular flexibility index (Phi) is 6.97. The van der Waals surface area contributed by atoms with Gasteiger partial charge in [0.2, 0.25) is 11.8 Å². The Balaban J connectivity index is 1.72. The number of hydrogen-bond acceptors (Lipinski definition) is 4. The van der Waals surface area contributed by atoms with E-state index in [-0.39, 0.29) is 35.2 Å². The normalized spacial score (nSPS) is 33.4. The molecule has 4 rings (SSSR count). The van der Waals surface area contributed by atoms with Gasteiger partial charge in [-0.05, 0) is 56.4 Å². The van der Waals surface area contributed by atoms with Crippen LogP contribution in [0.5, 0.6) is 0 Å². The molecule has 1 saturated carbocycles. The van der Waals surface area contributed by atoms with Gasteiger partial charge in [0.05, 0.1) is 4.99 Å². The third kappa shape index (κ3) is 5.23. The third-order valence-corrected chi connectivity index (χ3v) is 6.71. The number of rotatable bonds is 0. The lowest BCUT2D eigenvalue weighted by molar-refractivity contribution is -0.137. The molecule has 3 N–H and O–H groups in total. The van der Waals surface area contributed by atoms with Crippen LogP contribution in [0, 0.1) is 17.3 Å². The van der Waals surface area contributed by atoms with Gasteiger partial charge in [0, 0.05) is 31.6 Å². The number of hydrogen-bond donors (Lipinski definition) is 3. The minimum Gasteiger partial charge on any atom is -0.367 e. The molecule has 0 spiro atoms. The Hall–Kier alpha value is -1.21. The molecule has 3 aliphatic heterocycles. The van der Waals surface area contributed by atoms with Gasteiger partial charge in [-0.25, -0.2) is 0 Å². The van der Waals surface area contributed by atoms with Crippen molar-refractivity contribution in [2.24, 2.45) is 17.3 Å². The number of thiocarbonyl (C=S) groups is 1. The van der Waals surface area contributed by atoms with Gasteiger partial charge >= 0.3 is 0 Å². The number of fused-ring (bicyclic) bond motifs is 10. The lowest BCUT2D eigenvalue weighted by Gasteiger charge is -2.37. The summed E-state index contributed by atoms with van der Waals surface area (Å²) in [6.45, 7) is 9.05. The largest absolute Gasteiger partial charge is 0.367 e. The first kappa shape index (κ1) is 21.5. The van der Waals surface area contributed by atoms with Gasteiger partial charge in [0.25, 0.3) is 0 Å². The zero-order valence-electron chi connectivity index (χ0n) is 17.6. The van der Waals surface area contributed by atoms with Crippen molar-refractivity contribution >= 4 is 29.0 Å². The van der Waals surface area contributed by atoms with Crippen molar-refractivity contribution in [2.45, 2.75) is 71.4 Å². The van der Waals surface area contributed by atoms with E-state index in [4.69, 9.17) is 12.2 Å². The highest BCUT2D eigenvalue weighted by Crippen LogP contribution is 2.37. The van der Waals surface area contributed by atoms with Crippen molar-refractivity contribution in [3.63, 3.8) is 0 Å². The van der Waals surface area contributed by atoms with E-state index in [9.17, 15) is 9.59 Å². The van der Waals surface area contributed by atoms with Crippen LogP contribution < -0.4 is 16.0 Å². The fraction of sp³-hybridized carbons (Fsp3) is 0.857. The Bertz CT molecular complexity index is 598. The van der Waals surface area contributed by atoms with E-state index in [1.807, 2.05) is 4.90 Å². The molecule has 2 bridgehead atoms. The second kappa shape index (κ2) is 9.08. The first-order valence-electron chi connectivity index (χ1n) is 10.8.